The molecule has 0 spiro atoms. The van der Waals surface area contributed by atoms with E-state index in [1.807, 2.05) is 0 Å². The number of benzene rings is 1. The van der Waals surface area contributed by atoms with Gasteiger partial charge in [0, 0.05) is 19.0 Å². The molecule has 6 heteroatoms. The van der Waals surface area contributed by atoms with Gasteiger partial charge in [-0.05, 0) is 25.0 Å². The van der Waals surface area contributed by atoms with Crippen molar-refractivity contribution in [1.82, 2.24) is 10.6 Å². The van der Waals surface area contributed by atoms with Gasteiger partial charge >= 0.3 is 0 Å². The fourth-order valence-corrected chi connectivity index (χ4v) is 1.63. The summed E-state index contributed by atoms with van der Waals surface area (Å²) >= 11 is 0. The summed E-state index contributed by atoms with van der Waals surface area (Å²) in [5, 5.41) is 5.31. The average Bonchev–Trinajstić information content (AvgIpc) is 3.27. The number of halogens is 1. The topological polar surface area (TPSA) is 67.4 Å². The van der Waals surface area contributed by atoms with E-state index in [1.165, 1.54) is 12.1 Å². The second-order valence-corrected chi connectivity index (χ2v) is 4.63. The van der Waals surface area contributed by atoms with Gasteiger partial charge in [0.2, 0.25) is 5.91 Å². The lowest BCUT2D eigenvalue weighted by atomic mass is 10.3. The zero-order valence-corrected chi connectivity index (χ0v) is 11.0. The maximum Gasteiger partial charge on any atom is 0.258 e. The van der Waals surface area contributed by atoms with Crippen LogP contribution in [0.15, 0.2) is 24.3 Å². The molecule has 5 nitrogen and oxygen atoms in total. The van der Waals surface area contributed by atoms with Gasteiger partial charge in [0.15, 0.2) is 18.2 Å². The van der Waals surface area contributed by atoms with E-state index in [-0.39, 0.29) is 30.1 Å². The fraction of sp³-hybridized carbons (Fsp3) is 0.429. The van der Waals surface area contributed by atoms with Crippen molar-refractivity contribution in [3.63, 3.8) is 0 Å². The van der Waals surface area contributed by atoms with Crippen molar-refractivity contribution < 1.29 is 18.7 Å². The molecule has 1 aromatic carbocycles. The quantitative estimate of drug-likeness (QED) is 0.728. The summed E-state index contributed by atoms with van der Waals surface area (Å²) < 4.78 is 18.3. The zero-order valence-electron chi connectivity index (χ0n) is 11.0. The van der Waals surface area contributed by atoms with E-state index in [1.54, 1.807) is 12.1 Å². The van der Waals surface area contributed by atoms with Gasteiger partial charge in [-0.1, -0.05) is 12.1 Å². The molecule has 2 amide bonds. The molecular weight excluding hydrogens is 263 g/mol. The smallest absolute Gasteiger partial charge is 0.258 e. The largest absolute Gasteiger partial charge is 0.481 e. The second kappa shape index (κ2) is 6.88. The highest BCUT2D eigenvalue weighted by molar-refractivity contribution is 5.81. The Balaban J connectivity index is 1.58. The minimum Gasteiger partial charge on any atom is -0.481 e. The summed E-state index contributed by atoms with van der Waals surface area (Å²) in [4.78, 5) is 22.8. The minimum absolute atomic E-state index is 0.0434. The summed E-state index contributed by atoms with van der Waals surface area (Å²) in [5.41, 5.74) is 0. The lowest BCUT2D eigenvalue weighted by Crippen LogP contribution is -2.37. The van der Waals surface area contributed by atoms with Crippen molar-refractivity contribution in [2.24, 2.45) is 5.92 Å². The molecule has 2 rings (SSSR count). The average molecular weight is 280 g/mol. The lowest BCUT2D eigenvalue weighted by Gasteiger charge is -2.08. The molecule has 0 aromatic heterocycles. The third kappa shape index (κ3) is 4.53. The molecule has 0 aliphatic heterocycles. The standard InChI is InChI=1S/C14H17FN2O3/c15-11-3-1-2-4-12(11)20-9-13(18)16-7-8-17-14(19)10-5-6-10/h1-4,10H,5-9H2,(H,16,18)(H,17,19). The number of para-hydroxylation sites is 1. The Kier molecular flexibility index (Phi) is 4.92. The normalized spacial score (nSPS) is 13.7. The number of rotatable bonds is 7. The van der Waals surface area contributed by atoms with Gasteiger partial charge in [0.1, 0.15) is 0 Å². The number of hydrogen-bond donors (Lipinski definition) is 2. The lowest BCUT2D eigenvalue weighted by molar-refractivity contribution is -0.124. The number of hydrogen-bond acceptors (Lipinski definition) is 3. The summed E-state index contributed by atoms with van der Waals surface area (Å²) in [7, 11) is 0. The third-order valence-corrected chi connectivity index (χ3v) is 2.89. The van der Waals surface area contributed by atoms with Gasteiger partial charge in [-0.15, -0.1) is 0 Å². The Morgan fingerprint density at radius 3 is 2.60 bits per heavy atom. The Morgan fingerprint density at radius 1 is 1.20 bits per heavy atom. The first kappa shape index (κ1) is 14.3. The molecule has 1 saturated carbocycles. The molecule has 1 aromatic rings. The molecular formula is C14H17FN2O3. The highest BCUT2D eigenvalue weighted by Crippen LogP contribution is 2.28. The van der Waals surface area contributed by atoms with E-state index >= 15 is 0 Å². The first-order valence-electron chi connectivity index (χ1n) is 6.58. The van der Waals surface area contributed by atoms with E-state index in [0.29, 0.717) is 13.1 Å². The van der Waals surface area contributed by atoms with Crippen molar-refractivity contribution >= 4 is 11.8 Å². The van der Waals surface area contributed by atoms with Crippen LogP contribution in [0.25, 0.3) is 0 Å². The van der Waals surface area contributed by atoms with Crippen LogP contribution in [0.4, 0.5) is 4.39 Å². The molecule has 1 aliphatic carbocycles. The van der Waals surface area contributed by atoms with Gasteiger partial charge in [0.05, 0.1) is 0 Å². The summed E-state index contributed by atoms with van der Waals surface area (Å²) in [6.45, 7) is 0.468. The number of carbonyl (C=O) groups is 2. The first-order chi connectivity index (χ1) is 9.66. The first-order valence-corrected chi connectivity index (χ1v) is 6.58. The highest BCUT2D eigenvalue weighted by Gasteiger charge is 2.28. The van der Waals surface area contributed by atoms with Gasteiger partial charge < -0.3 is 15.4 Å². The molecule has 0 bridgehead atoms. The number of nitrogens with one attached hydrogen (secondary N) is 2. The molecule has 0 saturated heterocycles. The molecule has 20 heavy (non-hydrogen) atoms. The predicted molar refractivity (Wildman–Crippen MR) is 70.6 cm³/mol. The molecule has 1 aliphatic rings. The van der Waals surface area contributed by atoms with Crippen molar-refractivity contribution in [2.75, 3.05) is 19.7 Å². The van der Waals surface area contributed by atoms with E-state index in [2.05, 4.69) is 10.6 Å². The van der Waals surface area contributed by atoms with Crippen LogP contribution in [-0.2, 0) is 9.59 Å². The van der Waals surface area contributed by atoms with Gasteiger partial charge in [-0.25, -0.2) is 4.39 Å². The van der Waals surface area contributed by atoms with Crippen molar-refractivity contribution in [3.05, 3.63) is 30.1 Å². The molecule has 0 unspecified atom stereocenters. The van der Waals surface area contributed by atoms with Gasteiger partial charge in [0.25, 0.3) is 5.91 Å². The van der Waals surface area contributed by atoms with Crippen molar-refractivity contribution in [1.29, 1.82) is 0 Å². The highest BCUT2D eigenvalue weighted by atomic mass is 19.1. The Labute approximate surface area is 116 Å². The van der Waals surface area contributed by atoms with Crippen LogP contribution in [-0.4, -0.2) is 31.5 Å². The van der Waals surface area contributed by atoms with Gasteiger partial charge in [-0.3, -0.25) is 9.59 Å². The summed E-state index contributed by atoms with van der Waals surface area (Å²) in [6.07, 6.45) is 1.91. The third-order valence-electron chi connectivity index (χ3n) is 2.89. The van der Waals surface area contributed by atoms with Crippen molar-refractivity contribution in [2.45, 2.75) is 12.8 Å². The summed E-state index contributed by atoms with van der Waals surface area (Å²) in [5.74, 6) is -0.604. The van der Waals surface area contributed by atoms with E-state index in [4.69, 9.17) is 4.74 Å². The van der Waals surface area contributed by atoms with Crippen LogP contribution in [0.2, 0.25) is 0 Å². The predicted octanol–water partition coefficient (Wildman–Crippen LogP) is 0.847. The molecule has 0 heterocycles. The zero-order chi connectivity index (χ0) is 14.4. The van der Waals surface area contributed by atoms with Crippen LogP contribution in [0, 0.1) is 11.7 Å². The fourth-order valence-electron chi connectivity index (χ4n) is 1.63. The second-order valence-electron chi connectivity index (χ2n) is 4.63. The minimum atomic E-state index is -0.503. The van der Waals surface area contributed by atoms with Gasteiger partial charge in [-0.2, -0.15) is 0 Å². The number of amides is 2. The van der Waals surface area contributed by atoms with Crippen LogP contribution in [0.5, 0.6) is 5.75 Å². The van der Waals surface area contributed by atoms with Crippen molar-refractivity contribution in [3.8, 4) is 5.75 Å². The maximum atomic E-state index is 13.2. The summed E-state index contributed by atoms with van der Waals surface area (Å²) in [6, 6.07) is 5.90. The van der Waals surface area contributed by atoms with Crippen LogP contribution >= 0.6 is 0 Å². The Bertz CT molecular complexity index is 489. The molecule has 1 fully saturated rings. The van der Waals surface area contributed by atoms with Crippen LogP contribution in [0.3, 0.4) is 0 Å². The van der Waals surface area contributed by atoms with E-state index in [9.17, 15) is 14.0 Å². The van der Waals surface area contributed by atoms with E-state index in [0.717, 1.165) is 12.8 Å². The monoisotopic (exact) mass is 280 g/mol. The Morgan fingerprint density at radius 2 is 1.90 bits per heavy atom. The molecule has 108 valence electrons. The Hall–Kier alpha value is -2.11. The number of ether oxygens (including phenoxy) is 1. The molecule has 0 radical (unpaired) electrons. The SMILES string of the molecule is O=C(COc1ccccc1F)NCCNC(=O)C1CC1. The molecule has 0 atom stereocenters. The van der Waals surface area contributed by atoms with Crippen LogP contribution in [0.1, 0.15) is 12.8 Å². The van der Waals surface area contributed by atoms with E-state index < -0.39 is 5.82 Å². The maximum absolute atomic E-state index is 13.2. The number of carbonyl (C=O) groups excluding carboxylic acids is 2. The van der Waals surface area contributed by atoms with Crippen LogP contribution < -0.4 is 15.4 Å². The molecule has 2 N–H and O–H groups in total.